The van der Waals surface area contributed by atoms with Gasteiger partial charge < -0.3 is 9.80 Å². The van der Waals surface area contributed by atoms with E-state index in [-0.39, 0.29) is 36.4 Å². The first-order valence-electron chi connectivity index (χ1n) is 9.14. The first-order chi connectivity index (χ1) is 13.4. The number of carbonyl (C=O) groups is 2. The quantitative estimate of drug-likeness (QED) is 0.774. The van der Waals surface area contributed by atoms with E-state index in [2.05, 4.69) is 0 Å². The molecule has 2 amide bonds. The average Bonchev–Trinajstić information content (AvgIpc) is 3.30. The number of alkyl halides is 3. The minimum Gasteiger partial charge on any atom is -0.339 e. The van der Waals surface area contributed by atoms with Crippen LogP contribution in [-0.4, -0.2) is 47.8 Å². The number of amides is 2. The van der Waals surface area contributed by atoms with Crippen LogP contribution in [0.4, 0.5) is 13.2 Å². The van der Waals surface area contributed by atoms with Crippen LogP contribution < -0.4 is 0 Å². The van der Waals surface area contributed by atoms with E-state index < -0.39 is 17.6 Å². The Morgan fingerprint density at radius 2 is 1.64 bits per heavy atom. The van der Waals surface area contributed by atoms with Gasteiger partial charge in [-0.15, -0.1) is 11.3 Å². The van der Waals surface area contributed by atoms with E-state index in [1.54, 1.807) is 16.2 Å². The standard InChI is InChI=1S/C20H19F3N2O2S/c21-20(22,23)16-5-2-1-4-13(16)18(26)24-7-9-25(10-8-24)19(27)15-12-14(15)17-6-3-11-28-17/h1-6,11,14-15H,7-10,12H2/t14-,15-/m0/s1. The first-order valence-corrected chi connectivity index (χ1v) is 10.0. The van der Waals surface area contributed by atoms with E-state index >= 15 is 0 Å². The van der Waals surface area contributed by atoms with Crippen molar-refractivity contribution in [3.05, 3.63) is 57.8 Å². The maximum atomic E-state index is 13.2. The lowest BCUT2D eigenvalue weighted by molar-refractivity contribution is -0.138. The van der Waals surface area contributed by atoms with Gasteiger partial charge in [0.15, 0.2) is 0 Å². The van der Waals surface area contributed by atoms with E-state index in [1.807, 2.05) is 17.5 Å². The van der Waals surface area contributed by atoms with E-state index in [9.17, 15) is 22.8 Å². The number of thiophene rings is 1. The fourth-order valence-corrected chi connectivity index (χ4v) is 4.64. The van der Waals surface area contributed by atoms with Gasteiger partial charge in [0.05, 0.1) is 11.1 Å². The number of carbonyl (C=O) groups excluding carboxylic acids is 2. The van der Waals surface area contributed by atoms with E-state index in [0.29, 0.717) is 13.1 Å². The zero-order valence-electron chi connectivity index (χ0n) is 15.0. The minimum absolute atomic E-state index is 0.00754. The molecule has 0 radical (unpaired) electrons. The molecule has 2 atom stereocenters. The molecule has 1 aromatic carbocycles. The monoisotopic (exact) mass is 408 g/mol. The summed E-state index contributed by atoms with van der Waals surface area (Å²) in [4.78, 5) is 29.7. The Kier molecular flexibility index (Phi) is 4.91. The Hall–Kier alpha value is -2.35. The van der Waals surface area contributed by atoms with Gasteiger partial charge in [0.2, 0.25) is 5.91 Å². The van der Waals surface area contributed by atoms with Gasteiger partial charge in [-0.1, -0.05) is 18.2 Å². The maximum Gasteiger partial charge on any atom is 0.417 e. The number of hydrogen-bond donors (Lipinski definition) is 0. The maximum absolute atomic E-state index is 13.2. The zero-order valence-corrected chi connectivity index (χ0v) is 15.8. The fourth-order valence-electron chi connectivity index (χ4n) is 3.74. The Balaban J connectivity index is 1.37. The Morgan fingerprint density at radius 1 is 0.964 bits per heavy atom. The van der Waals surface area contributed by atoms with Crippen LogP contribution in [0, 0.1) is 5.92 Å². The minimum atomic E-state index is -4.58. The van der Waals surface area contributed by atoms with Gasteiger partial charge in [-0.2, -0.15) is 13.2 Å². The molecule has 28 heavy (non-hydrogen) atoms. The molecule has 1 aromatic heterocycles. The second kappa shape index (κ2) is 7.24. The summed E-state index contributed by atoms with van der Waals surface area (Å²) in [7, 11) is 0. The van der Waals surface area contributed by atoms with Crippen molar-refractivity contribution < 1.29 is 22.8 Å². The van der Waals surface area contributed by atoms with Gasteiger partial charge in [-0.05, 0) is 30.0 Å². The van der Waals surface area contributed by atoms with E-state index in [4.69, 9.17) is 0 Å². The molecule has 0 bridgehead atoms. The summed E-state index contributed by atoms with van der Waals surface area (Å²) < 4.78 is 39.5. The lowest BCUT2D eigenvalue weighted by atomic mass is 10.1. The van der Waals surface area contributed by atoms with Gasteiger partial charge in [-0.3, -0.25) is 9.59 Å². The smallest absolute Gasteiger partial charge is 0.339 e. The SMILES string of the molecule is O=C(c1ccccc1C(F)(F)F)N1CCN(C(=O)[C@H]2C[C@@H]2c2cccs2)CC1. The van der Waals surface area contributed by atoms with E-state index in [1.165, 1.54) is 28.0 Å². The van der Waals surface area contributed by atoms with Crippen LogP contribution in [0.25, 0.3) is 0 Å². The van der Waals surface area contributed by atoms with Gasteiger partial charge in [-0.25, -0.2) is 0 Å². The summed E-state index contributed by atoms with van der Waals surface area (Å²) in [5.41, 5.74) is -1.26. The topological polar surface area (TPSA) is 40.6 Å². The van der Waals surface area contributed by atoms with Crippen LogP contribution in [0.2, 0.25) is 0 Å². The zero-order chi connectivity index (χ0) is 19.9. The number of rotatable bonds is 3. The van der Waals surface area contributed by atoms with Gasteiger partial charge in [0.1, 0.15) is 0 Å². The molecule has 2 aliphatic rings. The van der Waals surface area contributed by atoms with Crippen LogP contribution in [0.5, 0.6) is 0 Å². The lowest BCUT2D eigenvalue weighted by Gasteiger charge is -2.35. The summed E-state index contributed by atoms with van der Waals surface area (Å²) in [5, 5.41) is 2.00. The molecule has 0 unspecified atom stereocenters. The van der Waals surface area contributed by atoms with Crippen molar-refractivity contribution in [2.45, 2.75) is 18.5 Å². The van der Waals surface area contributed by atoms with Crippen molar-refractivity contribution in [2.75, 3.05) is 26.2 Å². The summed E-state index contributed by atoms with van der Waals surface area (Å²) in [6.45, 7) is 1.19. The average molecular weight is 408 g/mol. The van der Waals surface area contributed by atoms with Crippen molar-refractivity contribution in [1.29, 1.82) is 0 Å². The number of piperazine rings is 1. The van der Waals surface area contributed by atoms with Gasteiger partial charge in [0, 0.05) is 42.9 Å². The van der Waals surface area contributed by atoms with Gasteiger partial charge >= 0.3 is 6.18 Å². The molecule has 0 spiro atoms. The largest absolute Gasteiger partial charge is 0.417 e. The molecule has 4 nitrogen and oxygen atoms in total. The first kappa shape index (κ1) is 19.0. The van der Waals surface area contributed by atoms with Crippen LogP contribution in [0.3, 0.4) is 0 Å². The van der Waals surface area contributed by atoms with Gasteiger partial charge in [0.25, 0.3) is 5.91 Å². The Labute approximate surface area is 164 Å². The van der Waals surface area contributed by atoms with Crippen LogP contribution in [0.15, 0.2) is 41.8 Å². The molecule has 2 aromatic rings. The molecule has 4 rings (SSSR count). The third kappa shape index (κ3) is 3.65. The summed E-state index contributed by atoms with van der Waals surface area (Å²) in [5.74, 6) is -0.276. The highest BCUT2D eigenvalue weighted by Gasteiger charge is 2.47. The third-order valence-corrected chi connectivity index (χ3v) is 6.36. The van der Waals surface area contributed by atoms with Crippen molar-refractivity contribution in [2.24, 2.45) is 5.92 Å². The molecule has 1 aliphatic heterocycles. The molecule has 1 aliphatic carbocycles. The second-order valence-electron chi connectivity index (χ2n) is 7.12. The van der Waals surface area contributed by atoms with Crippen LogP contribution >= 0.6 is 11.3 Å². The summed E-state index contributed by atoms with van der Waals surface area (Å²) in [6, 6.07) is 8.85. The molecule has 2 fully saturated rings. The molecule has 0 N–H and O–H groups in total. The number of nitrogens with zero attached hydrogens (tertiary/aromatic N) is 2. The lowest BCUT2D eigenvalue weighted by Crippen LogP contribution is -2.51. The summed E-state index contributed by atoms with van der Waals surface area (Å²) >= 11 is 1.65. The molecule has 2 heterocycles. The second-order valence-corrected chi connectivity index (χ2v) is 8.10. The summed E-state index contributed by atoms with van der Waals surface area (Å²) in [6.07, 6.45) is -3.73. The van der Waals surface area contributed by atoms with Crippen LogP contribution in [-0.2, 0) is 11.0 Å². The molecule has 1 saturated carbocycles. The van der Waals surface area contributed by atoms with Crippen molar-refractivity contribution in [3.8, 4) is 0 Å². The molecule has 148 valence electrons. The van der Waals surface area contributed by atoms with Crippen molar-refractivity contribution in [3.63, 3.8) is 0 Å². The number of halogens is 3. The predicted octanol–water partition coefficient (Wildman–Crippen LogP) is 3.86. The number of benzene rings is 1. The van der Waals surface area contributed by atoms with Crippen molar-refractivity contribution in [1.82, 2.24) is 9.80 Å². The fraction of sp³-hybridized carbons (Fsp3) is 0.400. The molecular formula is C20H19F3N2O2S. The highest BCUT2D eigenvalue weighted by atomic mass is 32.1. The normalized spacial score (nSPS) is 22.2. The Bertz CT molecular complexity index is 874. The molecule has 1 saturated heterocycles. The Morgan fingerprint density at radius 3 is 2.29 bits per heavy atom. The van der Waals surface area contributed by atoms with E-state index in [0.717, 1.165) is 12.5 Å². The predicted molar refractivity (Wildman–Crippen MR) is 99.1 cm³/mol. The highest BCUT2D eigenvalue weighted by molar-refractivity contribution is 7.10. The third-order valence-electron chi connectivity index (χ3n) is 5.36. The molecule has 8 heteroatoms. The van der Waals surface area contributed by atoms with Crippen molar-refractivity contribution >= 4 is 23.2 Å². The number of hydrogen-bond acceptors (Lipinski definition) is 3. The molecular weight excluding hydrogens is 389 g/mol. The highest BCUT2D eigenvalue weighted by Crippen LogP contribution is 2.50. The van der Waals surface area contributed by atoms with Crippen LogP contribution in [0.1, 0.15) is 33.1 Å².